The van der Waals surface area contributed by atoms with Crippen molar-refractivity contribution in [3.05, 3.63) is 0 Å². The number of nitrogens with zero attached hydrogens (tertiary/aromatic N) is 1. The fourth-order valence-electron chi connectivity index (χ4n) is 0.775. The minimum Gasteiger partial charge on any atom is -0.485 e. The number of rotatable bonds is 4. The number of methoxy groups -OCH3 is 1. The highest BCUT2D eigenvalue weighted by Crippen LogP contribution is 2.14. The molecule has 0 radical (unpaired) electrons. The number of thioether (sulfide) groups is 1. The first kappa shape index (κ1) is 17.5. The Bertz CT molecular complexity index is 423. The third kappa shape index (κ3) is 7.49. The lowest BCUT2D eigenvalue weighted by Crippen LogP contribution is -2.32. The fourth-order valence-corrected chi connectivity index (χ4v) is 1.69. The molecule has 8 nitrogen and oxygen atoms in total. The van der Waals surface area contributed by atoms with E-state index >= 15 is 0 Å². The van der Waals surface area contributed by atoms with Crippen LogP contribution in [0.4, 0.5) is 0 Å². The van der Waals surface area contributed by atoms with Crippen LogP contribution in [-0.2, 0) is 19.1 Å². The molecule has 0 aromatic rings. The van der Waals surface area contributed by atoms with Crippen LogP contribution >= 0.6 is 24.0 Å². The maximum Gasteiger partial charge on any atom is 0.321 e. The average molecular weight is 308 g/mol. The Morgan fingerprint density at radius 2 is 2.16 bits per heavy atom. The van der Waals surface area contributed by atoms with Crippen molar-refractivity contribution in [3.8, 4) is 0 Å². The number of hydrogen-bond acceptors (Lipinski definition) is 7. The minimum atomic E-state index is -1.29. The van der Waals surface area contributed by atoms with Crippen molar-refractivity contribution in [1.29, 1.82) is 0 Å². The van der Waals surface area contributed by atoms with Gasteiger partial charge in [-0.15, -0.1) is 0 Å². The summed E-state index contributed by atoms with van der Waals surface area (Å²) in [7, 11) is 1.47. The summed E-state index contributed by atoms with van der Waals surface area (Å²) < 4.78 is 4.71. The summed E-state index contributed by atoms with van der Waals surface area (Å²) in [5.41, 5.74) is 4.84. The monoisotopic (exact) mass is 308 g/mol. The van der Waals surface area contributed by atoms with E-state index in [1.54, 1.807) is 0 Å². The first-order valence-electron chi connectivity index (χ1n) is 4.80. The molecule has 1 amide bonds. The second-order valence-electron chi connectivity index (χ2n) is 3.13. The molecule has 0 saturated heterocycles. The molecule has 0 fully saturated rings. The maximum absolute atomic E-state index is 10.6. The van der Waals surface area contributed by atoms with Gasteiger partial charge in [0.15, 0.2) is 5.04 Å². The van der Waals surface area contributed by atoms with Crippen LogP contribution in [0.2, 0.25) is 0 Å². The Kier molecular flexibility index (Phi) is 7.87. The molecule has 106 valence electrons. The number of carbonyl (C=O) groups excluding carboxylic acids is 1. The van der Waals surface area contributed by atoms with Crippen LogP contribution in [0.5, 0.6) is 0 Å². The summed E-state index contributed by atoms with van der Waals surface area (Å²) in [4.78, 5) is 33.8. The van der Waals surface area contributed by atoms with Crippen molar-refractivity contribution in [3.63, 3.8) is 0 Å². The molecule has 0 bridgehead atoms. The number of aliphatic imine (C=N–C) groups is 1. The van der Waals surface area contributed by atoms with E-state index < -0.39 is 24.4 Å². The molecule has 1 atom stereocenters. The van der Waals surface area contributed by atoms with Crippen LogP contribution < -0.4 is 5.73 Å². The lowest BCUT2D eigenvalue weighted by Gasteiger charge is -1.99. The molecular formula is C9H12N2O6S2. The Balaban J connectivity index is 0.000000344. The zero-order valence-electron chi connectivity index (χ0n) is 9.86. The standard InChI is InChI=1S/C5H5NO2S2.C4H7NO4/c1-8-5(9)4-6-3(7)2-10-4;5-2(4(8)9)1-3(6)7/h2H2,1H3;2H,1,5H2,(H,6,7)(H,8,9)/t;2-/m.0/s1. The van der Waals surface area contributed by atoms with E-state index in [2.05, 4.69) is 4.99 Å². The van der Waals surface area contributed by atoms with E-state index in [1.807, 2.05) is 0 Å². The van der Waals surface area contributed by atoms with Gasteiger partial charge in [-0.3, -0.25) is 14.4 Å². The van der Waals surface area contributed by atoms with E-state index in [9.17, 15) is 14.4 Å². The average Bonchev–Trinajstić information content (AvgIpc) is 2.74. The summed E-state index contributed by atoms with van der Waals surface area (Å²) in [6, 6.07) is -1.29. The summed E-state index contributed by atoms with van der Waals surface area (Å²) in [5, 5.41) is 16.9. The van der Waals surface area contributed by atoms with Crippen molar-refractivity contribution < 1.29 is 29.3 Å². The number of carboxylic acids is 2. The van der Waals surface area contributed by atoms with Crippen LogP contribution in [0.15, 0.2) is 4.99 Å². The smallest absolute Gasteiger partial charge is 0.321 e. The predicted octanol–water partition coefficient (Wildman–Crippen LogP) is -0.495. The number of thiocarbonyl (C=S) groups is 1. The lowest BCUT2D eigenvalue weighted by molar-refractivity contribution is -0.144. The number of aliphatic carboxylic acids is 2. The molecule has 0 saturated carbocycles. The molecule has 1 aliphatic rings. The van der Waals surface area contributed by atoms with E-state index in [-0.39, 0.29) is 5.91 Å². The van der Waals surface area contributed by atoms with Crippen LogP contribution in [-0.4, -0.2) is 57.1 Å². The Hall–Kier alpha value is -1.52. The van der Waals surface area contributed by atoms with Gasteiger partial charge in [0, 0.05) is 0 Å². The second kappa shape index (κ2) is 8.56. The Morgan fingerprint density at radius 1 is 1.58 bits per heavy atom. The molecule has 0 unspecified atom stereocenters. The van der Waals surface area contributed by atoms with Crippen molar-refractivity contribution >= 4 is 51.9 Å². The third-order valence-electron chi connectivity index (χ3n) is 1.63. The molecule has 10 heteroatoms. The van der Waals surface area contributed by atoms with Gasteiger partial charge >= 0.3 is 11.9 Å². The number of hydrogen-bond donors (Lipinski definition) is 3. The Morgan fingerprint density at radius 3 is 2.42 bits per heavy atom. The van der Waals surface area contributed by atoms with Crippen LogP contribution in [0.1, 0.15) is 6.42 Å². The van der Waals surface area contributed by atoms with Crippen molar-refractivity contribution in [2.45, 2.75) is 12.5 Å². The quantitative estimate of drug-likeness (QED) is 0.586. The second-order valence-corrected chi connectivity index (χ2v) is 4.47. The lowest BCUT2D eigenvalue weighted by atomic mass is 10.2. The Labute approximate surface area is 118 Å². The molecule has 1 heterocycles. The topological polar surface area (TPSA) is 139 Å². The van der Waals surface area contributed by atoms with Crippen LogP contribution in [0.25, 0.3) is 0 Å². The number of amides is 1. The molecule has 4 N–H and O–H groups in total. The van der Waals surface area contributed by atoms with Gasteiger partial charge < -0.3 is 20.7 Å². The van der Waals surface area contributed by atoms with Gasteiger partial charge in [0.25, 0.3) is 5.91 Å². The van der Waals surface area contributed by atoms with Gasteiger partial charge in [-0.25, -0.2) is 4.99 Å². The molecule has 0 spiro atoms. The van der Waals surface area contributed by atoms with Crippen LogP contribution in [0.3, 0.4) is 0 Å². The zero-order valence-corrected chi connectivity index (χ0v) is 11.5. The van der Waals surface area contributed by atoms with Gasteiger partial charge in [-0.1, -0.05) is 11.8 Å². The van der Waals surface area contributed by atoms with E-state index in [0.717, 1.165) is 0 Å². The fraction of sp³-hybridized carbons (Fsp3) is 0.444. The van der Waals surface area contributed by atoms with Gasteiger partial charge in [-0.2, -0.15) is 0 Å². The summed E-state index contributed by atoms with van der Waals surface area (Å²) in [5.74, 6) is -2.25. The summed E-state index contributed by atoms with van der Waals surface area (Å²) in [6.07, 6.45) is -0.532. The largest absolute Gasteiger partial charge is 0.485 e. The highest BCUT2D eigenvalue weighted by molar-refractivity contribution is 8.18. The first-order chi connectivity index (χ1) is 8.77. The van der Waals surface area contributed by atoms with E-state index in [1.165, 1.54) is 18.9 Å². The molecule has 1 rings (SSSR count). The van der Waals surface area contributed by atoms with Gasteiger partial charge in [0.2, 0.25) is 5.05 Å². The maximum atomic E-state index is 10.6. The number of carbonyl (C=O) groups is 3. The normalized spacial score (nSPS) is 14.8. The minimum absolute atomic E-state index is 0.139. The van der Waals surface area contributed by atoms with Crippen molar-refractivity contribution in [1.82, 2.24) is 0 Å². The summed E-state index contributed by atoms with van der Waals surface area (Å²) in [6.45, 7) is 0. The molecule has 0 aromatic carbocycles. The SMILES string of the molecule is COC(=S)C1=NC(=O)CS1.N[C@@H](CC(=O)O)C(=O)O. The van der Waals surface area contributed by atoms with Crippen molar-refractivity contribution in [2.75, 3.05) is 12.9 Å². The van der Waals surface area contributed by atoms with Gasteiger partial charge in [-0.05, 0) is 12.2 Å². The predicted molar refractivity (Wildman–Crippen MR) is 72.4 cm³/mol. The highest BCUT2D eigenvalue weighted by Gasteiger charge is 2.18. The molecular weight excluding hydrogens is 296 g/mol. The highest BCUT2D eigenvalue weighted by atomic mass is 32.2. The van der Waals surface area contributed by atoms with E-state index in [0.29, 0.717) is 15.8 Å². The van der Waals surface area contributed by atoms with Gasteiger partial charge in [0.05, 0.1) is 19.3 Å². The third-order valence-corrected chi connectivity index (χ3v) is 3.06. The zero-order chi connectivity index (χ0) is 15.0. The molecule has 0 aromatic heterocycles. The number of ether oxygens (including phenoxy) is 1. The molecule has 1 aliphatic heterocycles. The van der Waals surface area contributed by atoms with E-state index in [4.69, 9.17) is 32.9 Å². The van der Waals surface area contributed by atoms with Gasteiger partial charge in [0.1, 0.15) is 6.04 Å². The first-order valence-corrected chi connectivity index (χ1v) is 6.20. The molecule has 0 aliphatic carbocycles. The van der Waals surface area contributed by atoms with Crippen molar-refractivity contribution in [2.24, 2.45) is 10.7 Å². The van der Waals surface area contributed by atoms with Crippen LogP contribution in [0, 0.1) is 0 Å². The number of carboxylic acid groups (broad SMARTS) is 2. The summed E-state index contributed by atoms with van der Waals surface area (Å²) >= 11 is 6.06. The molecule has 19 heavy (non-hydrogen) atoms. The number of nitrogens with two attached hydrogens (primary N) is 1.